The van der Waals surface area contributed by atoms with Crippen LogP contribution in [0.15, 0.2) is 58.2 Å². The van der Waals surface area contributed by atoms with E-state index in [1.54, 1.807) is 30.3 Å². The Morgan fingerprint density at radius 3 is 2.60 bits per heavy atom. The van der Waals surface area contributed by atoms with E-state index in [4.69, 9.17) is 4.74 Å². The molecule has 1 aromatic heterocycles. The van der Waals surface area contributed by atoms with Gasteiger partial charge in [0, 0.05) is 25.3 Å². The van der Waals surface area contributed by atoms with Crippen LogP contribution in [0, 0.1) is 13.8 Å². The highest BCUT2D eigenvalue weighted by Gasteiger charge is 2.30. The number of benzene rings is 2. The summed E-state index contributed by atoms with van der Waals surface area (Å²) in [7, 11) is -3.78. The molecule has 2 aromatic carbocycles. The summed E-state index contributed by atoms with van der Waals surface area (Å²) >= 11 is 0. The van der Waals surface area contributed by atoms with E-state index in [0.717, 1.165) is 34.9 Å². The third-order valence-electron chi connectivity index (χ3n) is 5.60. The van der Waals surface area contributed by atoms with E-state index in [1.165, 1.54) is 4.31 Å². The Morgan fingerprint density at radius 2 is 1.90 bits per heavy atom. The predicted molar refractivity (Wildman–Crippen MR) is 117 cm³/mol. The molecule has 7 heteroatoms. The lowest BCUT2D eigenvalue weighted by Crippen LogP contribution is -2.38. The van der Waals surface area contributed by atoms with E-state index in [0.29, 0.717) is 12.2 Å². The van der Waals surface area contributed by atoms with Crippen molar-refractivity contribution in [2.24, 2.45) is 0 Å². The molecule has 1 atom stereocenters. The topological polar surface area (TPSA) is 79.5 Å². The highest BCUT2D eigenvalue weighted by molar-refractivity contribution is 7.89. The minimum Gasteiger partial charge on any atom is -0.377 e. The fourth-order valence-corrected chi connectivity index (χ4v) is 5.31. The molecule has 6 nitrogen and oxygen atoms in total. The number of nitrogens with one attached hydrogen (secondary N) is 1. The Bertz CT molecular complexity index is 1210. The molecule has 0 aliphatic carbocycles. The number of aromatic amines is 1. The number of rotatable bonds is 6. The number of hydrogen-bond donors (Lipinski definition) is 1. The number of aromatic nitrogens is 1. The summed E-state index contributed by atoms with van der Waals surface area (Å²) < 4.78 is 33.9. The summed E-state index contributed by atoms with van der Waals surface area (Å²) in [5.41, 5.74) is 2.88. The van der Waals surface area contributed by atoms with Crippen LogP contribution in [0.25, 0.3) is 10.9 Å². The van der Waals surface area contributed by atoms with Gasteiger partial charge in [0.1, 0.15) is 0 Å². The first-order valence-corrected chi connectivity index (χ1v) is 11.6. The van der Waals surface area contributed by atoms with Gasteiger partial charge in [-0.3, -0.25) is 4.79 Å². The number of hydrogen-bond acceptors (Lipinski definition) is 4. The third-order valence-corrected chi connectivity index (χ3v) is 7.43. The van der Waals surface area contributed by atoms with Crippen molar-refractivity contribution in [3.8, 4) is 0 Å². The first-order valence-electron chi connectivity index (χ1n) is 10.1. The van der Waals surface area contributed by atoms with Gasteiger partial charge in [0.25, 0.3) is 5.56 Å². The van der Waals surface area contributed by atoms with Gasteiger partial charge in [-0.2, -0.15) is 4.31 Å². The van der Waals surface area contributed by atoms with Gasteiger partial charge in [-0.15, -0.1) is 0 Å². The van der Waals surface area contributed by atoms with Gasteiger partial charge in [0.05, 0.1) is 16.5 Å². The molecule has 0 amide bonds. The Hall–Kier alpha value is -2.48. The van der Waals surface area contributed by atoms with Gasteiger partial charge < -0.3 is 9.72 Å². The second-order valence-corrected chi connectivity index (χ2v) is 9.85. The maximum atomic E-state index is 13.4. The Kier molecular flexibility index (Phi) is 5.77. The molecule has 0 bridgehead atoms. The van der Waals surface area contributed by atoms with Crippen molar-refractivity contribution in [3.63, 3.8) is 0 Å². The van der Waals surface area contributed by atoms with Gasteiger partial charge >= 0.3 is 0 Å². The van der Waals surface area contributed by atoms with Crippen LogP contribution in [0.3, 0.4) is 0 Å². The molecule has 0 spiro atoms. The highest BCUT2D eigenvalue weighted by atomic mass is 32.2. The summed E-state index contributed by atoms with van der Waals surface area (Å²) in [6, 6.07) is 14.3. The van der Waals surface area contributed by atoms with Crippen LogP contribution in [0.2, 0.25) is 0 Å². The van der Waals surface area contributed by atoms with Crippen LogP contribution in [0.5, 0.6) is 0 Å². The first kappa shape index (κ1) is 20.8. The van der Waals surface area contributed by atoms with Gasteiger partial charge in [0.15, 0.2) is 0 Å². The van der Waals surface area contributed by atoms with E-state index in [-0.39, 0.29) is 29.6 Å². The summed E-state index contributed by atoms with van der Waals surface area (Å²) in [6.07, 6.45) is 1.57. The molecule has 0 saturated carbocycles. The zero-order valence-electron chi connectivity index (χ0n) is 17.2. The maximum absolute atomic E-state index is 13.4. The van der Waals surface area contributed by atoms with Crippen molar-refractivity contribution in [2.75, 3.05) is 13.2 Å². The van der Waals surface area contributed by atoms with Crippen LogP contribution in [-0.4, -0.2) is 37.0 Å². The number of nitrogens with zero attached hydrogens (tertiary/aromatic N) is 1. The van der Waals surface area contributed by atoms with E-state index in [1.807, 2.05) is 32.0 Å². The quantitative estimate of drug-likeness (QED) is 0.654. The molecule has 3 aromatic rings. The molecule has 1 aliphatic rings. The van der Waals surface area contributed by atoms with Crippen LogP contribution >= 0.6 is 0 Å². The van der Waals surface area contributed by atoms with Crippen molar-refractivity contribution in [1.82, 2.24) is 9.29 Å². The average Bonchev–Trinajstić information content (AvgIpc) is 3.22. The SMILES string of the molecule is Cc1ccc(S(=O)(=O)N(Cc2cc3cccc(C)c3[nH]c2=O)C[C@H]2CCCO2)cc1. The number of ether oxygens (including phenoxy) is 1. The van der Waals surface area contributed by atoms with Crippen LogP contribution in [-0.2, 0) is 21.3 Å². The van der Waals surface area contributed by atoms with Crippen LogP contribution < -0.4 is 5.56 Å². The van der Waals surface area contributed by atoms with Gasteiger partial charge in [0.2, 0.25) is 10.0 Å². The van der Waals surface area contributed by atoms with Gasteiger partial charge in [-0.25, -0.2) is 8.42 Å². The summed E-state index contributed by atoms with van der Waals surface area (Å²) in [4.78, 5) is 15.9. The summed E-state index contributed by atoms with van der Waals surface area (Å²) in [5, 5.41) is 0.884. The summed E-state index contributed by atoms with van der Waals surface area (Å²) in [6.45, 7) is 4.70. The molecule has 1 aliphatic heterocycles. The number of fused-ring (bicyclic) bond motifs is 1. The molecule has 30 heavy (non-hydrogen) atoms. The predicted octanol–water partition coefficient (Wildman–Crippen LogP) is 3.51. The first-order chi connectivity index (χ1) is 14.3. The molecule has 1 N–H and O–H groups in total. The van der Waals surface area contributed by atoms with Crippen LogP contribution in [0.1, 0.15) is 29.5 Å². The van der Waals surface area contributed by atoms with E-state index < -0.39 is 10.0 Å². The minimum atomic E-state index is -3.78. The molecule has 1 saturated heterocycles. The fourth-order valence-electron chi connectivity index (χ4n) is 3.86. The number of pyridine rings is 1. The number of sulfonamides is 1. The molecule has 0 unspecified atom stereocenters. The smallest absolute Gasteiger partial charge is 0.252 e. The Labute approximate surface area is 176 Å². The molecule has 0 radical (unpaired) electrons. The lowest BCUT2D eigenvalue weighted by molar-refractivity contribution is 0.0925. The molecular weight excluding hydrogens is 400 g/mol. The molecule has 158 valence electrons. The molecule has 2 heterocycles. The largest absolute Gasteiger partial charge is 0.377 e. The summed E-state index contributed by atoms with van der Waals surface area (Å²) in [5.74, 6) is 0. The standard InChI is InChI=1S/C23H26N2O4S/c1-16-8-10-21(11-9-16)30(27,28)25(15-20-7-4-12-29-20)14-19-13-18-6-3-5-17(2)22(18)24-23(19)26/h3,5-6,8-11,13,20H,4,7,12,14-15H2,1-2H3,(H,24,26)/t20-/m1/s1. The van der Waals surface area contributed by atoms with E-state index in [9.17, 15) is 13.2 Å². The molecule has 1 fully saturated rings. The fraction of sp³-hybridized carbons (Fsp3) is 0.348. The molecule has 4 rings (SSSR count). The van der Waals surface area contributed by atoms with Crippen molar-refractivity contribution in [1.29, 1.82) is 0 Å². The zero-order valence-corrected chi connectivity index (χ0v) is 18.0. The highest BCUT2D eigenvalue weighted by Crippen LogP contribution is 2.23. The van der Waals surface area contributed by atoms with Crippen molar-refractivity contribution < 1.29 is 13.2 Å². The van der Waals surface area contributed by atoms with E-state index in [2.05, 4.69) is 4.98 Å². The average molecular weight is 427 g/mol. The molecular formula is C23H26N2O4S. The Balaban J connectivity index is 1.73. The minimum absolute atomic E-state index is 0.00468. The Morgan fingerprint density at radius 1 is 1.13 bits per heavy atom. The third kappa shape index (κ3) is 4.19. The van der Waals surface area contributed by atoms with Crippen molar-refractivity contribution in [2.45, 2.75) is 44.2 Å². The number of aryl methyl sites for hydroxylation is 2. The maximum Gasteiger partial charge on any atom is 0.252 e. The normalized spacial score (nSPS) is 17.1. The van der Waals surface area contributed by atoms with Crippen LogP contribution in [0.4, 0.5) is 0 Å². The monoisotopic (exact) mass is 426 g/mol. The number of H-pyrrole nitrogens is 1. The lowest BCUT2D eigenvalue weighted by Gasteiger charge is -2.25. The number of para-hydroxylation sites is 1. The van der Waals surface area contributed by atoms with Gasteiger partial charge in [-0.1, -0.05) is 35.9 Å². The van der Waals surface area contributed by atoms with Crippen molar-refractivity contribution >= 4 is 20.9 Å². The van der Waals surface area contributed by atoms with Crippen molar-refractivity contribution in [3.05, 3.63) is 75.6 Å². The van der Waals surface area contributed by atoms with Gasteiger partial charge in [-0.05, 0) is 55.8 Å². The van der Waals surface area contributed by atoms with E-state index >= 15 is 0 Å². The second kappa shape index (κ2) is 8.34. The lowest BCUT2D eigenvalue weighted by atomic mass is 10.1. The zero-order chi connectivity index (χ0) is 21.3. The second-order valence-electron chi connectivity index (χ2n) is 7.91.